The van der Waals surface area contributed by atoms with E-state index in [9.17, 15) is 23.1 Å². The van der Waals surface area contributed by atoms with Gasteiger partial charge in [0.1, 0.15) is 11.6 Å². The number of rotatable bonds is 10. The molecule has 1 aromatic carbocycles. The van der Waals surface area contributed by atoms with E-state index in [4.69, 9.17) is 11.6 Å². The van der Waals surface area contributed by atoms with E-state index in [-0.39, 0.29) is 42.0 Å². The fourth-order valence-electron chi connectivity index (χ4n) is 3.71. The van der Waals surface area contributed by atoms with Gasteiger partial charge in [-0.25, -0.2) is 9.98 Å². The van der Waals surface area contributed by atoms with Gasteiger partial charge in [-0.1, -0.05) is 24.2 Å². The quantitative estimate of drug-likeness (QED) is 0.395. The van der Waals surface area contributed by atoms with Crippen molar-refractivity contribution in [2.45, 2.75) is 37.9 Å². The van der Waals surface area contributed by atoms with E-state index in [0.717, 1.165) is 11.8 Å². The second-order valence-corrected chi connectivity index (χ2v) is 8.56. The molecule has 0 bridgehead atoms. The smallest absolute Gasteiger partial charge is 0.395 e. The van der Waals surface area contributed by atoms with Crippen molar-refractivity contribution in [3.8, 4) is 5.75 Å². The number of nitrogens with zero attached hydrogens (tertiary/aromatic N) is 3. The molecule has 2 rings (SSSR count). The first-order chi connectivity index (χ1) is 14.9. The summed E-state index contributed by atoms with van der Waals surface area (Å²) in [5, 5.41) is 12.5. The first kappa shape index (κ1) is 25.9. The number of phenols is 1. The number of carbonyl (C=O) groups excluding carboxylic acids is 1. The second-order valence-electron chi connectivity index (χ2n) is 8.15. The van der Waals surface area contributed by atoms with Crippen molar-refractivity contribution < 1.29 is 23.1 Å². The highest BCUT2D eigenvalue weighted by molar-refractivity contribution is 6.32. The number of phenolic OH excluding ortho intramolecular Hbond substituents is 1. The van der Waals surface area contributed by atoms with Crippen LogP contribution >= 0.6 is 11.6 Å². The summed E-state index contributed by atoms with van der Waals surface area (Å²) in [4.78, 5) is 22.1. The minimum atomic E-state index is -4.48. The topological polar surface area (TPSA) is 77.3 Å². The van der Waals surface area contributed by atoms with Crippen molar-refractivity contribution in [2.24, 2.45) is 21.3 Å². The van der Waals surface area contributed by atoms with Gasteiger partial charge in [0.25, 0.3) is 0 Å². The fraction of sp³-hybridized carbons (Fsp3) is 0.500. The van der Waals surface area contributed by atoms with Crippen molar-refractivity contribution in [3.63, 3.8) is 0 Å². The van der Waals surface area contributed by atoms with Gasteiger partial charge in [-0.15, -0.1) is 0 Å². The number of nitrogens with one attached hydrogen (secondary N) is 1. The number of halogens is 4. The zero-order chi connectivity index (χ0) is 24.1. The molecular formula is C22H28ClF3N4O2. The number of hydrogen-bond acceptors (Lipinski definition) is 4. The van der Waals surface area contributed by atoms with E-state index in [1.807, 2.05) is 19.0 Å². The minimum Gasteiger partial charge on any atom is -0.506 e. The first-order valence-corrected chi connectivity index (χ1v) is 10.5. The third-order valence-electron chi connectivity index (χ3n) is 5.86. The Hall–Kier alpha value is -2.39. The Morgan fingerprint density at radius 3 is 2.53 bits per heavy atom. The lowest BCUT2D eigenvalue weighted by atomic mass is 9.84. The number of carbonyl (C=O) groups is 1. The van der Waals surface area contributed by atoms with Crippen LogP contribution in [0, 0.1) is 11.3 Å². The summed E-state index contributed by atoms with van der Waals surface area (Å²) in [5.74, 6) is -1.91. The number of hydrogen-bond donors (Lipinski definition) is 2. The lowest BCUT2D eigenvalue weighted by Crippen LogP contribution is -2.44. The molecule has 2 N–H and O–H groups in total. The zero-order valence-electron chi connectivity index (χ0n) is 18.1. The van der Waals surface area contributed by atoms with Crippen LogP contribution in [-0.4, -0.2) is 61.3 Å². The molecule has 1 aliphatic rings. The Morgan fingerprint density at radius 2 is 2.06 bits per heavy atom. The Labute approximate surface area is 190 Å². The number of amidine groups is 1. The number of aromatic hydroxyl groups is 1. The number of alkyl halides is 3. The largest absolute Gasteiger partial charge is 0.506 e. The van der Waals surface area contributed by atoms with Crippen LogP contribution < -0.4 is 5.32 Å². The molecule has 1 aromatic rings. The molecule has 0 aromatic heterocycles. The van der Waals surface area contributed by atoms with Crippen molar-refractivity contribution in [1.29, 1.82) is 0 Å². The average Bonchev–Trinajstić information content (AvgIpc) is 3.52. The highest BCUT2D eigenvalue weighted by Gasteiger charge is 2.68. The normalized spacial score (nSPS) is 17.5. The summed E-state index contributed by atoms with van der Waals surface area (Å²) in [6.07, 6.45) is -3.43. The van der Waals surface area contributed by atoms with Gasteiger partial charge in [0.05, 0.1) is 10.4 Å². The van der Waals surface area contributed by atoms with Gasteiger partial charge < -0.3 is 15.3 Å². The van der Waals surface area contributed by atoms with Crippen molar-refractivity contribution in [2.75, 3.05) is 20.6 Å². The highest BCUT2D eigenvalue weighted by Crippen LogP contribution is 2.63. The summed E-state index contributed by atoms with van der Waals surface area (Å²) in [6.45, 7) is 6.96. The summed E-state index contributed by atoms with van der Waals surface area (Å²) in [5.41, 5.74) is -1.17. The molecule has 1 aliphatic carbocycles. The maximum atomic E-state index is 13.7. The fourth-order valence-corrected chi connectivity index (χ4v) is 3.91. The van der Waals surface area contributed by atoms with Crippen LogP contribution in [0.4, 0.5) is 13.2 Å². The van der Waals surface area contributed by atoms with Crippen LogP contribution in [0.5, 0.6) is 5.75 Å². The third-order valence-corrected chi connectivity index (χ3v) is 6.16. The van der Waals surface area contributed by atoms with Crippen LogP contribution in [0.15, 0.2) is 41.0 Å². The van der Waals surface area contributed by atoms with Crippen LogP contribution in [0.2, 0.25) is 5.02 Å². The number of likely N-dealkylation sites (N-methyl/N-ethyl adjacent to an activating group) is 1. The molecule has 10 heteroatoms. The summed E-state index contributed by atoms with van der Waals surface area (Å²) < 4.78 is 41.2. The lowest BCUT2D eigenvalue weighted by molar-refractivity contribution is -0.196. The van der Waals surface area contributed by atoms with Gasteiger partial charge in [-0.05, 0) is 57.8 Å². The molecule has 2 unspecified atom stereocenters. The maximum absolute atomic E-state index is 13.7. The van der Waals surface area contributed by atoms with Crippen LogP contribution in [0.1, 0.15) is 24.8 Å². The van der Waals surface area contributed by atoms with Crippen molar-refractivity contribution >= 4 is 30.1 Å². The molecule has 176 valence electrons. The Balaban J connectivity index is 2.11. The molecule has 0 spiro atoms. The van der Waals surface area contributed by atoms with Gasteiger partial charge in [0, 0.05) is 31.1 Å². The van der Waals surface area contributed by atoms with Gasteiger partial charge in [-0.2, -0.15) is 13.2 Å². The van der Waals surface area contributed by atoms with E-state index in [1.54, 1.807) is 12.1 Å². The summed E-state index contributed by atoms with van der Waals surface area (Å²) in [6, 6.07) is 4.71. The Bertz CT molecular complexity index is 882. The van der Waals surface area contributed by atoms with Crippen molar-refractivity contribution in [3.05, 3.63) is 41.6 Å². The van der Waals surface area contributed by atoms with Gasteiger partial charge >= 0.3 is 6.18 Å². The predicted molar refractivity (Wildman–Crippen MR) is 120 cm³/mol. The molecule has 0 heterocycles. The van der Waals surface area contributed by atoms with E-state index in [2.05, 4.69) is 28.6 Å². The van der Waals surface area contributed by atoms with Crippen LogP contribution in [-0.2, 0) is 11.2 Å². The molecule has 6 nitrogen and oxygen atoms in total. The SMILES string of the molecule is C=CN=C(N=C)C(CC(=O)NCC(Cc1ccc(O)c(Cl)c1)N(C)C)C1(C(F)(F)F)CC1. The Kier molecular flexibility index (Phi) is 8.47. The highest BCUT2D eigenvalue weighted by atomic mass is 35.5. The number of amides is 1. The van der Waals surface area contributed by atoms with E-state index >= 15 is 0 Å². The lowest BCUT2D eigenvalue weighted by Gasteiger charge is -2.29. The monoisotopic (exact) mass is 472 g/mol. The molecule has 32 heavy (non-hydrogen) atoms. The van der Waals surface area contributed by atoms with Gasteiger partial charge in [0.2, 0.25) is 5.91 Å². The molecule has 2 atom stereocenters. The summed E-state index contributed by atoms with van der Waals surface area (Å²) >= 11 is 5.96. The molecule has 1 saturated carbocycles. The van der Waals surface area contributed by atoms with Crippen molar-refractivity contribution in [1.82, 2.24) is 10.2 Å². The van der Waals surface area contributed by atoms with Crippen LogP contribution in [0.3, 0.4) is 0 Å². The molecule has 0 saturated heterocycles. The Morgan fingerprint density at radius 1 is 1.41 bits per heavy atom. The maximum Gasteiger partial charge on any atom is 0.395 e. The van der Waals surface area contributed by atoms with E-state index < -0.39 is 29.8 Å². The predicted octanol–water partition coefficient (Wildman–Crippen LogP) is 4.23. The summed E-state index contributed by atoms with van der Waals surface area (Å²) in [7, 11) is 3.67. The molecular weight excluding hydrogens is 445 g/mol. The molecule has 0 radical (unpaired) electrons. The van der Waals surface area contributed by atoms with Gasteiger partial charge in [-0.3, -0.25) is 4.79 Å². The standard InChI is InChI=1S/C22H28ClF3N4O2/c1-5-28-20(27-2)16(21(8-9-21)22(24,25)26)12-19(32)29-13-15(30(3)4)10-14-6-7-18(31)17(23)11-14/h5-7,11,15-16,31H,1-2,8-10,12-13H2,3-4H3,(H,29,32). The van der Waals surface area contributed by atoms with Crippen LogP contribution in [0.25, 0.3) is 0 Å². The molecule has 1 fully saturated rings. The first-order valence-electron chi connectivity index (χ1n) is 10.1. The average molecular weight is 473 g/mol. The second kappa shape index (κ2) is 10.5. The van der Waals surface area contributed by atoms with E-state index in [1.165, 1.54) is 6.07 Å². The third kappa shape index (κ3) is 6.10. The van der Waals surface area contributed by atoms with Gasteiger partial charge in [0.15, 0.2) is 0 Å². The van der Waals surface area contributed by atoms with E-state index in [0.29, 0.717) is 6.42 Å². The number of aliphatic imine (C=N–C) groups is 2. The molecule has 0 aliphatic heterocycles. The molecule has 1 amide bonds. The zero-order valence-corrected chi connectivity index (χ0v) is 18.9. The minimum absolute atomic E-state index is 0.0253. The number of benzene rings is 1.